The number of nitrogens with zero attached hydrogens (tertiary/aromatic N) is 2. The molecule has 15 heavy (non-hydrogen) atoms. The first kappa shape index (κ1) is 10.4. The van der Waals surface area contributed by atoms with Crippen molar-refractivity contribution in [3.8, 4) is 11.9 Å². The van der Waals surface area contributed by atoms with Crippen LogP contribution in [-0.4, -0.2) is 24.2 Å². The Morgan fingerprint density at radius 3 is 2.60 bits per heavy atom. The molecule has 1 aromatic carbocycles. The molecule has 2 aromatic rings. The van der Waals surface area contributed by atoms with E-state index in [0.717, 1.165) is 14.5 Å². The van der Waals surface area contributed by atoms with Gasteiger partial charge in [-0.3, -0.25) is 0 Å². The molecular formula is C10H9IN2O2. The third-order valence-electron chi connectivity index (χ3n) is 1.99. The molecule has 1 aromatic heterocycles. The van der Waals surface area contributed by atoms with Crippen LogP contribution in [0.3, 0.4) is 0 Å². The zero-order valence-corrected chi connectivity index (χ0v) is 10.5. The van der Waals surface area contributed by atoms with Crippen LogP contribution >= 0.6 is 22.6 Å². The fourth-order valence-electron chi connectivity index (χ4n) is 1.33. The highest BCUT2D eigenvalue weighted by atomic mass is 127. The van der Waals surface area contributed by atoms with Gasteiger partial charge >= 0.3 is 6.01 Å². The topological polar surface area (TPSA) is 44.2 Å². The summed E-state index contributed by atoms with van der Waals surface area (Å²) in [5.41, 5.74) is 0.825. The zero-order valence-electron chi connectivity index (χ0n) is 8.32. The lowest BCUT2D eigenvalue weighted by atomic mass is 10.2. The monoisotopic (exact) mass is 316 g/mol. The maximum atomic E-state index is 5.21. The Morgan fingerprint density at radius 1 is 1.13 bits per heavy atom. The maximum Gasteiger partial charge on any atom is 0.320 e. The Morgan fingerprint density at radius 2 is 1.93 bits per heavy atom. The lowest BCUT2D eigenvalue weighted by Gasteiger charge is -2.07. The molecule has 0 saturated carbocycles. The lowest BCUT2D eigenvalue weighted by Crippen LogP contribution is -1.97. The summed E-state index contributed by atoms with van der Waals surface area (Å²) in [6, 6.07) is 6.16. The first-order valence-corrected chi connectivity index (χ1v) is 5.38. The number of ether oxygens (including phenoxy) is 2. The number of methoxy groups -OCH3 is 2. The molecule has 0 bridgehead atoms. The van der Waals surface area contributed by atoms with Gasteiger partial charge < -0.3 is 9.47 Å². The Balaban J connectivity index is 2.81. The van der Waals surface area contributed by atoms with Crippen molar-refractivity contribution in [1.82, 2.24) is 9.97 Å². The van der Waals surface area contributed by atoms with Crippen LogP contribution in [0, 0.1) is 3.57 Å². The summed E-state index contributed by atoms with van der Waals surface area (Å²) in [5.74, 6) is 0.543. The molecule has 78 valence electrons. The summed E-state index contributed by atoms with van der Waals surface area (Å²) in [6.45, 7) is 0. The van der Waals surface area contributed by atoms with E-state index in [4.69, 9.17) is 9.47 Å². The third-order valence-corrected chi connectivity index (χ3v) is 2.89. The van der Waals surface area contributed by atoms with E-state index in [0.29, 0.717) is 11.9 Å². The van der Waals surface area contributed by atoms with E-state index < -0.39 is 0 Å². The van der Waals surface area contributed by atoms with Crippen LogP contribution in [0.2, 0.25) is 0 Å². The molecule has 4 nitrogen and oxygen atoms in total. The van der Waals surface area contributed by atoms with Gasteiger partial charge in [0.15, 0.2) is 0 Å². The van der Waals surface area contributed by atoms with Crippen LogP contribution in [0.4, 0.5) is 0 Å². The molecule has 0 aliphatic carbocycles. The van der Waals surface area contributed by atoms with Gasteiger partial charge in [0.1, 0.15) is 0 Å². The van der Waals surface area contributed by atoms with Crippen molar-refractivity contribution in [1.29, 1.82) is 0 Å². The molecule has 0 amide bonds. The van der Waals surface area contributed by atoms with Crippen molar-refractivity contribution >= 4 is 33.5 Å². The fourth-order valence-corrected chi connectivity index (χ4v) is 2.04. The molecular weight excluding hydrogens is 307 g/mol. The van der Waals surface area contributed by atoms with Crippen LogP contribution in [0.25, 0.3) is 10.9 Å². The highest BCUT2D eigenvalue weighted by Crippen LogP contribution is 2.28. The van der Waals surface area contributed by atoms with Crippen molar-refractivity contribution < 1.29 is 9.47 Å². The maximum absolute atomic E-state index is 5.21. The first-order valence-electron chi connectivity index (χ1n) is 4.30. The standard InChI is InChI=1S/C10H9IN2O2/c1-14-9-8-6(11)4-3-5-7(8)12-10(13-9)15-2/h3-5H,1-2H3. The van der Waals surface area contributed by atoms with Crippen molar-refractivity contribution in [2.24, 2.45) is 0 Å². The second-order valence-electron chi connectivity index (χ2n) is 2.85. The number of benzene rings is 1. The van der Waals surface area contributed by atoms with Crippen LogP contribution in [0.5, 0.6) is 11.9 Å². The van der Waals surface area contributed by atoms with Crippen LogP contribution in [0.1, 0.15) is 0 Å². The van der Waals surface area contributed by atoms with Gasteiger partial charge in [-0.1, -0.05) is 6.07 Å². The molecule has 0 fully saturated rings. The van der Waals surface area contributed by atoms with Gasteiger partial charge in [0.05, 0.1) is 25.1 Å². The second-order valence-corrected chi connectivity index (χ2v) is 4.02. The normalized spacial score (nSPS) is 10.3. The molecule has 0 spiro atoms. The van der Waals surface area contributed by atoms with E-state index in [9.17, 15) is 0 Å². The van der Waals surface area contributed by atoms with E-state index in [1.807, 2.05) is 18.2 Å². The largest absolute Gasteiger partial charge is 0.480 e. The van der Waals surface area contributed by atoms with Gasteiger partial charge in [0.2, 0.25) is 5.88 Å². The summed E-state index contributed by atoms with van der Waals surface area (Å²) >= 11 is 2.23. The first-order chi connectivity index (χ1) is 7.26. The molecule has 1 heterocycles. The number of fused-ring (bicyclic) bond motifs is 1. The quantitative estimate of drug-likeness (QED) is 0.797. The third kappa shape index (κ3) is 1.83. The van der Waals surface area contributed by atoms with Crippen LogP contribution < -0.4 is 9.47 Å². The highest BCUT2D eigenvalue weighted by molar-refractivity contribution is 14.1. The lowest BCUT2D eigenvalue weighted by molar-refractivity contribution is 0.357. The molecule has 0 unspecified atom stereocenters. The Labute approximate surface area is 101 Å². The molecule has 0 saturated heterocycles. The number of hydrogen-bond acceptors (Lipinski definition) is 4. The molecule has 0 radical (unpaired) electrons. The van der Waals surface area contributed by atoms with Crippen molar-refractivity contribution in [3.05, 3.63) is 21.8 Å². The van der Waals surface area contributed by atoms with Gasteiger partial charge in [-0.25, -0.2) is 0 Å². The minimum absolute atomic E-state index is 0.321. The smallest absolute Gasteiger partial charge is 0.320 e. The molecule has 0 N–H and O–H groups in total. The van der Waals surface area contributed by atoms with Gasteiger partial charge in [0.25, 0.3) is 0 Å². The van der Waals surface area contributed by atoms with Gasteiger partial charge in [-0.15, -0.1) is 0 Å². The predicted octanol–water partition coefficient (Wildman–Crippen LogP) is 2.25. The zero-order chi connectivity index (χ0) is 10.8. The Kier molecular flexibility index (Phi) is 2.90. The van der Waals surface area contributed by atoms with E-state index >= 15 is 0 Å². The molecule has 5 heteroatoms. The van der Waals surface area contributed by atoms with Crippen molar-refractivity contribution in [2.75, 3.05) is 14.2 Å². The highest BCUT2D eigenvalue weighted by Gasteiger charge is 2.10. The van der Waals surface area contributed by atoms with E-state index in [1.54, 1.807) is 7.11 Å². The summed E-state index contributed by atoms with van der Waals surface area (Å²) < 4.78 is 11.3. The summed E-state index contributed by atoms with van der Waals surface area (Å²) in [5, 5.41) is 0.918. The SMILES string of the molecule is COc1nc(OC)c2c(I)cccc2n1. The number of aromatic nitrogens is 2. The minimum Gasteiger partial charge on any atom is -0.480 e. The summed E-state index contributed by atoms with van der Waals surface area (Å²) in [4.78, 5) is 8.38. The number of rotatable bonds is 2. The van der Waals surface area contributed by atoms with Gasteiger partial charge in [-0.2, -0.15) is 9.97 Å². The van der Waals surface area contributed by atoms with Gasteiger partial charge in [0, 0.05) is 3.57 Å². The fraction of sp³-hybridized carbons (Fsp3) is 0.200. The summed E-state index contributed by atoms with van der Waals surface area (Å²) in [6.07, 6.45) is 0. The number of hydrogen-bond donors (Lipinski definition) is 0. The average molecular weight is 316 g/mol. The van der Waals surface area contributed by atoms with E-state index in [2.05, 4.69) is 32.6 Å². The van der Waals surface area contributed by atoms with Gasteiger partial charge in [-0.05, 0) is 34.7 Å². The van der Waals surface area contributed by atoms with Crippen LogP contribution in [0.15, 0.2) is 18.2 Å². The molecule has 0 atom stereocenters. The minimum atomic E-state index is 0.321. The molecule has 0 aliphatic rings. The Hall–Kier alpha value is -1.11. The second kappa shape index (κ2) is 4.18. The van der Waals surface area contributed by atoms with Crippen molar-refractivity contribution in [2.45, 2.75) is 0 Å². The summed E-state index contributed by atoms with van der Waals surface area (Å²) in [7, 11) is 3.12. The average Bonchev–Trinajstić information content (AvgIpc) is 2.27. The van der Waals surface area contributed by atoms with E-state index in [-0.39, 0.29) is 0 Å². The number of halogens is 1. The molecule has 2 rings (SSSR count). The van der Waals surface area contributed by atoms with Crippen LogP contribution in [-0.2, 0) is 0 Å². The Bertz CT molecular complexity index is 502. The molecule has 0 aliphatic heterocycles. The predicted molar refractivity (Wildman–Crippen MR) is 65.4 cm³/mol. The van der Waals surface area contributed by atoms with Crippen molar-refractivity contribution in [3.63, 3.8) is 0 Å². The van der Waals surface area contributed by atoms with E-state index in [1.165, 1.54) is 7.11 Å².